The van der Waals surface area contributed by atoms with E-state index in [1.54, 1.807) is 36.4 Å². The van der Waals surface area contributed by atoms with Crippen LogP contribution in [0, 0.1) is 0 Å². The maximum Gasteiger partial charge on any atom is 0.471 e. The number of benzene rings is 4. The van der Waals surface area contributed by atoms with Crippen LogP contribution in [0.3, 0.4) is 0 Å². The first-order valence-electron chi connectivity index (χ1n) is 13.2. The number of anilines is 2. The zero-order chi connectivity index (χ0) is 30.6. The molecule has 218 valence electrons. The molecule has 1 aromatic heterocycles. The Hall–Kier alpha value is -4.87. The third kappa shape index (κ3) is 6.79. The van der Waals surface area contributed by atoms with Crippen molar-refractivity contribution in [3.8, 4) is 0 Å². The molecule has 0 aliphatic carbocycles. The van der Waals surface area contributed by atoms with Crippen molar-refractivity contribution in [2.24, 2.45) is 5.73 Å². The predicted molar refractivity (Wildman–Crippen MR) is 160 cm³/mol. The lowest BCUT2D eigenvalue weighted by molar-refractivity contribution is -0.170. The molecule has 0 radical (unpaired) electrons. The average Bonchev–Trinajstić information content (AvgIpc) is 3.43. The molecule has 11 heteroatoms. The number of hydrogen-bond acceptors (Lipinski definition) is 6. The second-order valence-corrected chi connectivity index (χ2v) is 10.7. The molecule has 3 N–H and O–H groups in total. The van der Waals surface area contributed by atoms with Gasteiger partial charge < -0.3 is 11.1 Å². The van der Waals surface area contributed by atoms with E-state index in [-0.39, 0.29) is 35.1 Å². The Kier molecular flexibility index (Phi) is 8.65. The number of aromatic nitrogens is 1. The summed E-state index contributed by atoms with van der Waals surface area (Å²) in [7, 11) is 0. The van der Waals surface area contributed by atoms with Crippen molar-refractivity contribution in [1.29, 1.82) is 0 Å². The molecule has 0 spiro atoms. The number of para-hydroxylation sites is 1. The normalized spacial score (nSPS) is 12.1. The monoisotopic (exact) mass is 602 g/mol. The quantitative estimate of drug-likeness (QED) is 0.189. The van der Waals surface area contributed by atoms with Crippen molar-refractivity contribution in [3.05, 3.63) is 125 Å². The number of nitrogens with two attached hydrogens (primary N) is 1. The fraction of sp³-hybridized carbons (Fsp3) is 0.125. The Bertz CT molecular complexity index is 1760. The molecular formula is C32H25F3N4O3S. The number of halogens is 3. The Morgan fingerprint density at radius 2 is 1.51 bits per heavy atom. The number of carbonyl (C=O) groups is 3. The molecule has 4 aromatic carbocycles. The van der Waals surface area contributed by atoms with Crippen LogP contribution in [0.4, 0.5) is 24.5 Å². The van der Waals surface area contributed by atoms with Gasteiger partial charge in [0.25, 0.3) is 0 Å². The Balaban J connectivity index is 1.52. The lowest BCUT2D eigenvalue weighted by atomic mass is 9.98. The van der Waals surface area contributed by atoms with Crippen LogP contribution in [0.15, 0.2) is 103 Å². The lowest BCUT2D eigenvalue weighted by Crippen LogP contribution is -2.46. The molecule has 0 bridgehead atoms. The van der Waals surface area contributed by atoms with E-state index in [9.17, 15) is 27.6 Å². The zero-order valence-corrected chi connectivity index (χ0v) is 23.4. The first kappa shape index (κ1) is 29.6. The van der Waals surface area contributed by atoms with Crippen LogP contribution < -0.4 is 16.0 Å². The largest absolute Gasteiger partial charge is 0.471 e. The third-order valence-corrected chi connectivity index (χ3v) is 7.66. The van der Waals surface area contributed by atoms with Gasteiger partial charge in [0.05, 0.1) is 16.6 Å². The number of alkyl halides is 3. The van der Waals surface area contributed by atoms with Gasteiger partial charge in [-0.25, -0.2) is 4.98 Å². The van der Waals surface area contributed by atoms with Crippen LogP contribution in [0.1, 0.15) is 32.5 Å². The van der Waals surface area contributed by atoms with Gasteiger partial charge in [0.15, 0.2) is 5.01 Å². The number of thiazole rings is 1. The van der Waals surface area contributed by atoms with Gasteiger partial charge in [-0.05, 0) is 47.0 Å². The van der Waals surface area contributed by atoms with Crippen LogP contribution in [0.2, 0.25) is 0 Å². The number of nitrogens with one attached hydrogen (secondary N) is 1. The molecule has 5 aromatic rings. The van der Waals surface area contributed by atoms with E-state index in [1.165, 1.54) is 36.4 Å². The highest BCUT2D eigenvalue weighted by Crippen LogP contribution is 2.36. The molecule has 5 rings (SSSR count). The molecule has 0 fully saturated rings. The number of carbonyl (C=O) groups excluding carboxylic acids is 3. The second-order valence-electron chi connectivity index (χ2n) is 9.63. The number of Topliss-reactive ketones (excluding diaryl/α,β-unsaturated/α-hetero) is 1. The lowest BCUT2D eigenvalue weighted by Gasteiger charge is -2.31. The number of amides is 2. The van der Waals surface area contributed by atoms with E-state index < -0.39 is 23.9 Å². The van der Waals surface area contributed by atoms with Gasteiger partial charge in [0.2, 0.25) is 11.7 Å². The fourth-order valence-electron chi connectivity index (χ4n) is 4.57. The molecule has 0 aliphatic rings. The summed E-state index contributed by atoms with van der Waals surface area (Å²) >= 11 is 0.962. The molecule has 1 unspecified atom stereocenters. The van der Waals surface area contributed by atoms with E-state index in [0.717, 1.165) is 16.9 Å². The highest BCUT2D eigenvalue weighted by atomic mass is 32.1. The molecule has 7 nitrogen and oxygen atoms in total. The van der Waals surface area contributed by atoms with Crippen molar-refractivity contribution >= 4 is 50.5 Å². The van der Waals surface area contributed by atoms with E-state index in [1.807, 2.05) is 30.3 Å². The van der Waals surface area contributed by atoms with Gasteiger partial charge in [0.1, 0.15) is 6.04 Å². The highest BCUT2D eigenvalue weighted by Gasteiger charge is 2.47. The Morgan fingerprint density at radius 1 is 0.860 bits per heavy atom. The standard InChI is InChI=1S/C32H25F3N4O3S/c33-32(34,35)31(42)39(24-9-5-2-6-10-24)28(22-13-11-21(19-36)12-14-22)29(41)30-38-25-16-15-23(18-26(25)43-30)37-27(40)17-20-7-3-1-4-8-20/h1-16,18,28H,17,19,36H2,(H,37,40). The van der Waals surface area contributed by atoms with Gasteiger partial charge in [-0.1, -0.05) is 72.8 Å². The number of rotatable bonds is 9. The van der Waals surface area contributed by atoms with Gasteiger partial charge in [-0.15, -0.1) is 11.3 Å². The van der Waals surface area contributed by atoms with Crippen molar-refractivity contribution in [2.75, 3.05) is 10.2 Å². The molecule has 1 heterocycles. The second kappa shape index (κ2) is 12.6. The minimum Gasteiger partial charge on any atom is -0.326 e. The average molecular weight is 603 g/mol. The molecule has 1 atom stereocenters. The summed E-state index contributed by atoms with van der Waals surface area (Å²) in [5.41, 5.74) is 8.19. The van der Waals surface area contributed by atoms with Crippen LogP contribution in [0.25, 0.3) is 10.2 Å². The number of nitrogens with zero attached hydrogens (tertiary/aromatic N) is 2. The number of fused-ring (bicyclic) bond motifs is 1. The van der Waals surface area contributed by atoms with Crippen molar-refractivity contribution in [3.63, 3.8) is 0 Å². The number of hydrogen-bond donors (Lipinski definition) is 2. The summed E-state index contributed by atoms with van der Waals surface area (Å²) < 4.78 is 42.3. The Labute approximate surface area is 248 Å². The third-order valence-electron chi connectivity index (χ3n) is 6.62. The summed E-state index contributed by atoms with van der Waals surface area (Å²) in [6.45, 7) is 0.185. The Morgan fingerprint density at radius 3 is 2.14 bits per heavy atom. The van der Waals surface area contributed by atoms with Crippen molar-refractivity contribution in [1.82, 2.24) is 4.98 Å². The molecule has 0 saturated heterocycles. The van der Waals surface area contributed by atoms with Crippen molar-refractivity contribution < 1.29 is 27.6 Å². The van der Waals surface area contributed by atoms with Gasteiger partial charge in [0, 0.05) is 17.9 Å². The summed E-state index contributed by atoms with van der Waals surface area (Å²) in [5.74, 6) is -3.22. The first-order valence-corrected chi connectivity index (χ1v) is 14.0. The van der Waals surface area contributed by atoms with Crippen LogP contribution >= 0.6 is 11.3 Å². The van der Waals surface area contributed by atoms with E-state index >= 15 is 0 Å². The minimum absolute atomic E-state index is 0.0911. The summed E-state index contributed by atoms with van der Waals surface area (Å²) in [6, 6.07) is 25.8. The summed E-state index contributed by atoms with van der Waals surface area (Å²) in [4.78, 5) is 44.4. The van der Waals surface area contributed by atoms with Gasteiger partial charge >= 0.3 is 12.1 Å². The number of ketones is 1. The molecule has 0 aliphatic heterocycles. The SMILES string of the molecule is NCc1ccc(C(C(=O)c2nc3ccc(NC(=O)Cc4ccccc4)cc3s2)N(C(=O)C(F)(F)F)c2ccccc2)cc1. The molecule has 2 amide bonds. The maximum atomic E-state index is 14.1. The first-order chi connectivity index (χ1) is 20.6. The summed E-state index contributed by atoms with van der Waals surface area (Å²) in [5, 5.41) is 2.73. The zero-order valence-electron chi connectivity index (χ0n) is 22.5. The van der Waals surface area contributed by atoms with Crippen LogP contribution in [0.5, 0.6) is 0 Å². The molecule has 0 saturated carbocycles. The van der Waals surface area contributed by atoms with Gasteiger partial charge in [-0.3, -0.25) is 19.3 Å². The van der Waals surface area contributed by atoms with Crippen LogP contribution in [-0.4, -0.2) is 28.8 Å². The van der Waals surface area contributed by atoms with E-state index in [2.05, 4.69) is 10.3 Å². The van der Waals surface area contributed by atoms with Crippen LogP contribution in [-0.2, 0) is 22.6 Å². The minimum atomic E-state index is -5.26. The predicted octanol–water partition coefficient (Wildman–Crippen LogP) is 6.46. The van der Waals surface area contributed by atoms with Gasteiger partial charge in [-0.2, -0.15) is 13.2 Å². The topological polar surface area (TPSA) is 105 Å². The highest BCUT2D eigenvalue weighted by molar-refractivity contribution is 7.20. The summed E-state index contributed by atoms with van der Waals surface area (Å²) in [6.07, 6.45) is -5.09. The fourth-order valence-corrected chi connectivity index (χ4v) is 5.54. The molecule has 43 heavy (non-hydrogen) atoms. The smallest absolute Gasteiger partial charge is 0.326 e. The van der Waals surface area contributed by atoms with Crippen molar-refractivity contribution in [2.45, 2.75) is 25.2 Å². The van der Waals surface area contributed by atoms with E-state index in [0.29, 0.717) is 26.4 Å². The molecular weight excluding hydrogens is 577 g/mol. The van der Waals surface area contributed by atoms with E-state index in [4.69, 9.17) is 5.73 Å². The maximum absolute atomic E-state index is 14.1.